The topological polar surface area (TPSA) is 85.2 Å². The third-order valence-corrected chi connectivity index (χ3v) is 7.28. The van der Waals surface area contributed by atoms with Crippen LogP contribution in [0.4, 0.5) is 5.82 Å². The lowest BCUT2D eigenvalue weighted by Crippen LogP contribution is -2.30. The number of amides is 1. The van der Waals surface area contributed by atoms with Crippen LogP contribution in [0.15, 0.2) is 46.2 Å². The molecule has 1 aromatic carbocycles. The van der Waals surface area contributed by atoms with Gasteiger partial charge in [0.15, 0.2) is 11.5 Å². The Morgan fingerprint density at radius 3 is 2.59 bits per heavy atom. The van der Waals surface area contributed by atoms with Crippen molar-refractivity contribution in [2.75, 3.05) is 32.6 Å². The molecule has 0 aliphatic carbocycles. The molecule has 1 amide bonds. The molecular weight excluding hydrogens is 508 g/mol. The van der Waals surface area contributed by atoms with Gasteiger partial charge >= 0.3 is 0 Å². The van der Waals surface area contributed by atoms with E-state index in [-0.39, 0.29) is 11.5 Å². The Kier molecular flexibility index (Phi) is 8.19. The summed E-state index contributed by atoms with van der Waals surface area (Å²) in [6.07, 6.45) is 3.95. The largest absolute Gasteiger partial charge is 0.493 e. The van der Waals surface area contributed by atoms with E-state index in [1.165, 1.54) is 16.2 Å². The summed E-state index contributed by atoms with van der Waals surface area (Å²) < 4.78 is 12.6. The Labute approximate surface area is 225 Å². The number of rotatable bonds is 9. The number of hydrogen-bond acceptors (Lipinski definition) is 8. The summed E-state index contributed by atoms with van der Waals surface area (Å²) >= 11 is 6.72. The van der Waals surface area contributed by atoms with Crippen LogP contribution in [0.25, 0.3) is 11.7 Å². The maximum Gasteiger partial charge on any atom is 0.267 e. The lowest BCUT2D eigenvalue weighted by Gasteiger charge is -2.15. The highest BCUT2D eigenvalue weighted by Crippen LogP contribution is 2.34. The summed E-state index contributed by atoms with van der Waals surface area (Å²) in [6.45, 7) is 7.12. The first-order valence-corrected chi connectivity index (χ1v) is 13.2. The molecule has 0 spiro atoms. The normalized spacial score (nSPS) is 14.8. The van der Waals surface area contributed by atoms with Gasteiger partial charge < -0.3 is 14.8 Å². The fourth-order valence-corrected chi connectivity index (χ4v) is 5.22. The number of aromatic nitrogens is 2. The number of methoxy groups -OCH3 is 2. The first-order chi connectivity index (χ1) is 17.7. The molecule has 8 nitrogen and oxygen atoms in total. The van der Waals surface area contributed by atoms with Gasteiger partial charge in [-0.3, -0.25) is 18.9 Å². The second kappa shape index (κ2) is 11.4. The zero-order valence-electron chi connectivity index (χ0n) is 21.5. The standard InChI is InChI=1S/C27H30N4O4S2/c1-16(2)14-28-24-19(25(32)31-15-17(3)6-9-23(31)29-24)13-22-26(33)30(27(36)37-22)11-10-18-7-8-20(34-4)21(12-18)35-5/h6-9,12-13,15-16,28H,10-11,14H2,1-5H3. The van der Waals surface area contributed by atoms with Crippen molar-refractivity contribution >= 4 is 51.7 Å². The quantitative estimate of drug-likeness (QED) is 0.314. The zero-order valence-corrected chi connectivity index (χ0v) is 23.2. The van der Waals surface area contributed by atoms with Crippen LogP contribution in [0, 0.1) is 12.8 Å². The minimum Gasteiger partial charge on any atom is -0.493 e. The van der Waals surface area contributed by atoms with Crippen molar-refractivity contribution in [3.8, 4) is 11.5 Å². The average molecular weight is 539 g/mol. The molecule has 2 aromatic heterocycles. The number of carbonyl (C=O) groups excluding carboxylic acids is 1. The third-order valence-electron chi connectivity index (χ3n) is 5.90. The van der Waals surface area contributed by atoms with E-state index in [2.05, 4.69) is 24.1 Å². The number of hydrogen-bond donors (Lipinski definition) is 1. The maximum absolute atomic E-state index is 13.5. The van der Waals surface area contributed by atoms with Crippen LogP contribution < -0.4 is 20.3 Å². The summed E-state index contributed by atoms with van der Waals surface area (Å²) in [5, 5.41) is 3.28. The Morgan fingerprint density at radius 1 is 1.14 bits per heavy atom. The van der Waals surface area contributed by atoms with E-state index in [1.54, 1.807) is 31.4 Å². The molecule has 0 unspecified atom stereocenters. The first kappa shape index (κ1) is 26.7. The molecule has 0 radical (unpaired) electrons. The SMILES string of the molecule is COc1ccc(CCN2C(=O)C(=Cc3c(NCC(C)C)nc4ccc(C)cn4c3=O)SC2=S)cc1OC. The predicted molar refractivity (Wildman–Crippen MR) is 153 cm³/mol. The summed E-state index contributed by atoms with van der Waals surface area (Å²) in [4.78, 5) is 33.5. The minimum atomic E-state index is -0.240. The Hall–Kier alpha value is -3.37. The summed E-state index contributed by atoms with van der Waals surface area (Å²) in [5.41, 5.74) is 2.57. The number of anilines is 1. The summed E-state index contributed by atoms with van der Waals surface area (Å²) in [6, 6.07) is 9.39. The van der Waals surface area contributed by atoms with Crippen molar-refractivity contribution in [1.82, 2.24) is 14.3 Å². The predicted octanol–water partition coefficient (Wildman–Crippen LogP) is 4.53. The van der Waals surface area contributed by atoms with Crippen molar-refractivity contribution in [2.24, 2.45) is 5.92 Å². The van der Waals surface area contributed by atoms with Crippen LogP contribution in [0.1, 0.15) is 30.5 Å². The van der Waals surface area contributed by atoms with E-state index >= 15 is 0 Å². The molecule has 1 N–H and O–H groups in total. The molecule has 0 saturated carbocycles. The molecule has 1 saturated heterocycles. The van der Waals surface area contributed by atoms with Gasteiger partial charge in [0.25, 0.3) is 11.5 Å². The van der Waals surface area contributed by atoms with E-state index in [0.717, 1.165) is 11.1 Å². The number of nitrogens with zero attached hydrogens (tertiary/aromatic N) is 3. The molecule has 4 rings (SSSR count). The highest BCUT2D eigenvalue weighted by Gasteiger charge is 2.32. The maximum atomic E-state index is 13.5. The number of aryl methyl sites for hydroxylation is 1. The van der Waals surface area contributed by atoms with E-state index in [0.29, 0.717) is 63.2 Å². The lowest BCUT2D eigenvalue weighted by atomic mass is 10.1. The van der Waals surface area contributed by atoms with Gasteiger partial charge in [0.2, 0.25) is 0 Å². The number of ether oxygens (including phenoxy) is 2. The van der Waals surface area contributed by atoms with Gasteiger partial charge in [-0.05, 0) is 54.7 Å². The highest BCUT2D eigenvalue weighted by molar-refractivity contribution is 8.26. The fraction of sp³-hybridized carbons (Fsp3) is 0.333. The molecule has 37 heavy (non-hydrogen) atoms. The summed E-state index contributed by atoms with van der Waals surface area (Å²) in [5.74, 6) is 1.86. The van der Waals surface area contributed by atoms with Gasteiger partial charge in [-0.15, -0.1) is 0 Å². The van der Waals surface area contributed by atoms with E-state index in [9.17, 15) is 9.59 Å². The molecule has 10 heteroatoms. The van der Waals surface area contributed by atoms with Crippen molar-refractivity contribution in [2.45, 2.75) is 27.2 Å². The molecule has 3 aromatic rings. The van der Waals surface area contributed by atoms with Crippen LogP contribution in [0.5, 0.6) is 11.5 Å². The highest BCUT2D eigenvalue weighted by atomic mass is 32.2. The second-order valence-electron chi connectivity index (χ2n) is 9.16. The average Bonchev–Trinajstić information content (AvgIpc) is 3.15. The van der Waals surface area contributed by atoms with Gasteiger partial charge in [-0.1, -0.05) is 50.0 Å². The zero-order chi connectivity index (χ0) is 26.7. The van der Waals surface area contributed by atoms with Crippen LogP contribution in [-0.4, -0.2) is 51.8 Å². The molecule has 0 atom stereocenters. The van der Waals surface area contributed by atoms with E-state index in [1.807, 2.05) is 37.3 Å². The fourth-order valence-electron chi connectivity index (χ4n) is 3.93. The molecule has 1 aliphatic rings. The molecular formula is C27H30N4O4S2. The number of thioether (sulfide) groups is 1. The molecule has 194 valence electrons. The van der Waals surface area contributed by atoms with Crippen molar-refractivity contribution in [1.29, 1.82) is 0 Å². The molecule has 3 heterocycles. The van der Waals surface area contributed by atoms with Gasteiger partial charge in [0.05, 0.1) is 24.7 Å². The van der Waals surface area contributed by atoms with Crippen LogP contribution in [-0.2, 0) is 11.2 Å². The molecule has 1 fully saturated rings. The monoisotopic (exact) mass is 538 g/mol. The smallest absolute Gasteiger partial charge is 0.267 e. The van der Waals surface area contributed by atoms with Crippen molar-refractivity contribution < 1.29 is 14.3 Å². The number of pyridine rings is 1. The number of carbonyl (C=O) groups is 1. The van der Waals surface area contributed by atoms with Crippen LogP contribution in [0.2, 0.25) is 0 Å². The van der Waals surface area contributed by atoms with Gasteiger partial charge in [-0.2, -0.15) is 0 Å². The van der Waals surface area contributed by atoms with Gasteiger partial charge in [-0.25, -0.2) is 4.98 Å². The Morgan fingerprint density at radius 2 is 1.89 bits per heavy atom. The van der Waals surface area contributed by atoms with E-state index in [4.69, 9.17) is 21.7 Å². The lowest BCUT2D eigenvalue weighted by molar-refractivity contribution is -0.122. The van der Waals surface area contributed by atoms with Crippen LogP contribution in [0.3, 0.4) is 0 Å². The molecule has 1 aliphatic heterocycles. The Bertz CT molecular complexity index is 1450. The summed E-state index contributed by atoms with van der Waals surface area (Å²) in [7, 11) is 3.18. The van der Waals surface area contributed by atoms with Crippen molar-refractivity contribution in [3.05, 3.63) is 68.5 Å². The van der Waals surface area contributed by atoms with Gasteiger partial charge in [0.1, 0.15) is 15.8 Å². The molecule has 0 bridgehead atoms. The van der Waals surface area contributed by atoms with Crippen LogP contribution >= 0.6 is 24.0 Å². The second-order valence-corrected chi connectivity index (χ2v) is 10.8. The van der Waals surface area contributed by atoms with Crippen molar-refractivity contribution in [3.63, 3.8) is 0 Å². The Balaban J connectivity index is 1.63. The van der Waals surface area contributed by atoms with Gasteiger partial charge in [0, 0.05) is 19.3 Å². The minimum absolute atomic E-state index is 0.223. The number of thiocarbonyl (C=S) groups is 1. The number of fused-ring (bicyclic) bond motifs is 1. The first-order valence-electron chi connectivity index (χ1n) is 11.9. The third kappa shape index (κ3) is 5.80. The number of benzene rings is 1. The number of nitrogens with one attached hydrogen (secondary N) is 1. The van der Waals surface area contributed by atoms with E-state index < -0.39 is 0 Å².